The summed E-state index contributed by atoms with van der Waals surface area (Å²) in [6.45, 7) is 0. The number of ether oxygens (including phenoxy) is 2. The molecule has 0 bridgehead atoms. The van der Waals surface area contributed by atoms with Gasteiger partial charge in [-0.1, -0.05) is 85.0 Å². The third-order valence-corrected chi connectivity index (χ3v) is 12.1. The van der Waals surface area contributed by atoms with Gasteiger partial charge >= 0.3 is 0 Å². The Balaban J connectivity index is 1.28. The number of phenolic OH excluding ortho intramolecular Hbond substituents is 7. The molecule has 1 heterocycles. The molecule has 11 heteroatoms. The minimum absolute atomic E-state index is 0.00511. The number of methoxy groups -OCH3 is 1. The Labute approximate surface area is 378 Å². The fraction of sp³-hybridized carbons (Fsp3) is 0.241. The van der Waals surface area contributed by atoms with Crippen molar-refractivity contribution in [1.29, 1.82) is 0 Å². The molecule has 0 saturated carbocycles. The minimum Gasteiger partial charge on any atom is -0.508 e. The monoisotopic (exact) mass is 878 g/mol. The Morgan fingerprint density at radius 1 is 0.723 bits per heavy atom. The van der Waals surface area contributed by atoms with Gasteiger partial charge in [-0.15, -0.1) is 0 Å². The Hall–Kier alpha value is -7.21. The lowest BCUT2D eigenvalue weighted by Crippen LogP contribution is -2.40. The molecule has 0 aromatic heterocycles. The van der Waals surface area contributed by atoms with Crippen molar-refractivity contribution in [2.45, 2.75) is 62.8 Å². The van der Waals surface area contributed by atoms with E-state index in [1.54, 1.807) is 97.1 Å². The molecule has 6 aromatic rings. The van der Waals surface area contributed by atoms with Crippen molar-refractivity contribution >= 4 is 11.9 Å². The first-order valence-corrected chi connectivity index (χ1v) is 21.6. The van der Waals surface area contributed by atoms with E-state index in [2.05, 4.69) is 0 Å². The number of Topliss-reactive ketones (excluding diaryl/α,β-unsaturated/α-hetero) is 1. The molecule has 11 nitrogen and oxygen atoms in total. The van der Waals surface area contributed by atoms with E-state index in [9.17, 15) is 40.9 Å². The number of aromatic hydroxyl groups is 7. The van der Waals surface area contributed by atoms with Crippen molar-refractivity contribution in [3.05, 3.63) is 185 Å². The summed E-state index contributed by atoms with van der Waals surface area (Å²) >= 11 is 0. The van der Waals surface area contributed by atoms with E-state index in [4.69, 9.17) is 9.47 Å². The van der Waals surface area contributed by atoms with Crippen molar-refractivity contribution in [2.24, 2.45) is 11.8 Å². The highest BCUT2D eigenvalue weighted by molar-refractivity contribution is 6.04. The van der Waals surface area contributed by atoms with Gasteiger partial charge in [0.25, 0.3) is 0 Å². The van der Waals surface area contributed by atoms with Crippen LogP contribution in [-0.2, 0) is 17.6 Å². The van der Waals surface area contributed by atoms with Gasteiger partial charge in [0, 0.05) is 17.5 Å². The predicted molar refractivity (Wildman–Crippen MR) is 248 cm³/mol. The van der Waals surface area contributed by atoms with Crippen LogP contribution >= 0.6 is 0 Å². The van der Waals surface area contributed by atoms with Gasteiger partial charge in [-0.3, -0.25) is 4.79 Å². The van der Waals surface area contributed by atoms with Crippen LogP contribution in [0.1, 0.15) is 81.4 Å². The molecule has 0 radical (unpaired) electrons. The van der Waals surface area contributed by atoms with Crippen molar-refractivity contribution in [2.75, 3.05) is 7.11 Å². The van der Waals surface area contributed by atoms with Gasteiger partial charge in [-0.2, -0.15) is 0 Å². The van der Waals surface area contributed by atoms with Crippen molar-refractivity contribution in [1.82, 2.24) is 0 Å². The molecule has 1 saturated heterocycles. The van der Waals surface area contributed by atoms with Crippen LogP contribution in [0.4, 0.5) is 0 Å². The highest BCUT2D eigenvalue weighted by atomic mass is 16.5. The van der Waals surface area contributed by atoms with Gasteiger partial charge in [-0.05, 0) is 133 Å². The fourth-order valence-electron chi connectivity index (χ4n) is 8.56. The Morgan fingerprint density at radius 2 is 1.26 bits per heavy atom. The van der Waals surface area contributed by atoms with E-state index < -0.39 is 41.5 Å². The quantitative estimate of drug-likeness (QED) is 0.0321. The van der Waals surface area contributed by atoms with Crippen LogP contribution < -0.4 is 4.74 Å². The number of allylic oxidation sites excluding steroid dienone is 2. The maximum Gasteiger partial charge on any atom is 0.176 e. The zero-order chi connectivity index (χ0) is 46.0. The smallest absolute Gasteiger partial charge is 0.176 e. The van der Waals surface area contributed by atoms with Crippen LogP contribution in [0.25, 0.3) is 6.08 Å². The maximum atomic E-state index is 15.6. The molecule has 0 spiro atoms. The summed E-state index contributed by atoms with van der Waals surface area (Å²) in [5.74, 6) is -3.31. The zero-order valence-electron chi connectivity index (χ0n) is 35.9. The summed E-state index contributed by atoms with van der Waals surface area (Å²) in [7, 11) is 1.35. The van der Waals surface area contributed by atoms with Gasteiger partial charge in [0.15, 0.2) is 5.78 Å². The molecule has 1 aliphatic heterocycles. The first-order valence-electron chi connectivity index (χ1n) is 21.6. The number of aryl methyl sites for hydroxylation is 2. The summed E-state index contributed by atoms with van der Waals surface area (Å²) in [4.78, 5) is 15.6. The molecule has 336 valence electrons. The summed E-state index contributed by atoms with van der Waals surface area (Å²) in [6.07, 6.45) is 8.17. The fourth-order valence-corrected chi connectivity index (χ4v) is 8.56. The second-order valence-electron chi connectivity index (χ2n) is 16.5. The largest absolute Gasteiger partial charge is 0.508 e. The third kappa shape index (κ3) is 11.5. The van der Waals surface area contributed by atoms with E-state index in [0.717, 1.165) is 16.7 Å². The molecular weight excluding hydrogens is 825 g/mol. The van der Waals surface area contributed by atoms with Crippen LogP contribution in [0, 0.1) is 11.8 Å². The van der Waals surface area contributed by atoms with Gasteiger partial charge in [0.2, 0.25) is 0 Å². The van der Waals surface area contributed by atoms with Gasteiger partial charge in [-0.25, -0.2) is 0 Å². The SMILES string of the molecule is COc1cc(O)c([C@H](/C=C/C[C@@H](O)CCc2ccc(O)cc2)c2ccc(O)cc2)c(O)c1C(=O)[C@@H]1[C@H](/C=C/c2ccc(O)cc2)C[C@H](CCc2ccc(O)cc2)O[C@H]1c1ccc(O)cc1. The summed E-state index contributed by atoms with van der Waals surface area (Å²) in [5.41, 5.74) is 3.75. The first-order chi connectivity index (χ1) is 31.4. The van der Waals surface area contributed by atoms with Gasteiger partial charge in [0.05, 0.1) is 31.3 Å². The second kappa shape index (κ2) is 21.0. The number of hydrogen-bond acceptors (Lipinski definition) is 11. The predicted octanol–water partition coefficient (Wildman–Crippen LogP) is 10.00. The summed E-state index contributed by atoms with van der Waals surface area (Å²) in [5, 5.41) is 85.1. The van der Waals surface area contributed by atoms with E-state index in [0.29, 0.717) is 43.2 Å². The number of aliphatic hydroxyl groups is 1. The average molecular weight is 879 g/mol. The lowest BCUT2D eigenvalue weighted by molar-refractivity contribution is -0.0938. The van der Waals surface area contributed by atoms with Crippen LogP contribution in [0.5, 0.6) is 46.0 Å². The van der Waals surface area contributed by atoms with Gasteiger partial charge in [0.1, 0.15) is 51.6 Å². The summed E-state index contributed by atoms with van der Waals surface area (Å²) in [6, 6.07) is 34.4. The van der Waals surface area contributed by atoms with E-state index in [1.165, 1.54) is 37.4 Å². The molecule has 1 aliphatic rings. The zero-order valence-corrected chi connectivity index (χ0v) is 35.9. The Kier molecular flexibility index (Phi) is 14.8. The number of benzene rings is 6. The van der Waals surface area contributed by atoms with Crippen molar-refractivity contribution in [3.63, 3.8) is 0 Å². The standard InChI is InChI=1S/C54H54O11/c1-64-48-32-47(61)50(46(36-15-26-43(59)27-16-36)4-2-3-39(55)19-6-34-9-22-41(57)23-10-34)53(63)51(48)52(62)49-38(14-5-33-7-20-40(56)21-8-33)31-45(30-13-35-11-24-42(58)25-12-35)65-54(49)37-17-28-44(60)29-18-37/h2,4-5,7-12,14-18,20-29,32,38-39,45-46,49,54-61,63H,3,6,13,19,30-31H2,1H3/b4-2+,14-5+/t38-,39-,45+,46-,49+,54+/m1/s1. The molecule has 0 aliphatic carbocycles. The molecule has 1 fully saturated rings. The number of carbonyl (C=O) groups is 1. The van der Waals surface area contributed by atoms with Gasteiger partial charge < -0.3 is 50.3 Å². The number of aliphatic hydroxyl groups excluding tert-OH is 1. The lowest BCUT2D eigenvalue weighted by Gasteiger charge is -2.41. The molecule has 7 rings (SSSR count). The first kappa shape index (κ1) is 45.8. The second-order valence-corrected chi connectivity index (χ2v) is 16.5. The Morgan fingerprint density at radius 3 is 1.85 bits per heavy atom. The molecule has 65 heavy (non-hydrogen) atoms. The molecule has 8 N–H and O–H groups in total. The number of ketones is 1. The maximum absolute atomic E-state index is 15.6. The molecule has 0 amide bonds. The van der Waals surface area contributed by atoms with Crippen molar-refractivity contribution in [3.8, 4) is 46.0 Å². The minimum atomic E-state index is -0.971. The van der Waals surface area contributed by atoms with Crippen LogP contribution in [0.2, 0.25) is 0 Å². The summed E-state index contributed by atoms with van der Waals surface area (Å²) < 4.78 is 12.6. The molecule has 6 aromatic carbocycles. The number of phenols is 7. The number of hydrogen-bond donors (Lipinski definition) is 8. The Bertz CT molecular complexity index is 2570. The lowest BCUT2D eigenvalue weighted by atomic mass is 9.73. The van der Waals surface area contributed by atoms with E-state index in [1.807, 2.05) is 24.3 Å². The molecule has 0 unspecified atom stereocenters. The average Bonchev–Trinajstić information content (AvgIpc) is 3.30. The molecule has 6 atom stereocenters. The van der Waals surface area contributed by atoms with Crippen LogP contribution in [0.3, 0.4) is 0 Å². The highest BCUT2D eigenvalue weighted by Gasteiger charge is 2.45. The highest BCUT2D eigenvalue weighted by Crippen LogP contribution is 2.50. The van der Waals surface area contributed by atoms with Crippen LogP contribution in [-0.4, -0.2) is 66.0 Å². The molecular formula is C54H54O11. The van der Waals surface area contributed by atoms with E-state index in [-0.39, 0.29) is 63.9 Å². The van der Waals surface area contributed by atoms with Crippen molar-refractivity contribution < 1.29 is 55.1 Å². The third-order valence-electron chi connectivity index (χ3n) is 12.1. The topological polar surface area (TPSA) is 197 Å². The number of carbonyl (C=O) groups excluding carboxylic acids is 1. The van der Waals surface area contributed by atoms with Crippen LogP contribution in [0.15, 0.2) is 146 Å². The number of rotatable bonds is 17. The normalized spacial score (nSPS) is 18.4. The van der Waals surface area contributed by atoms with E-state index >= 15 is 4.79 Å².